The third-order valence-electron chi connectivity index (χ3n) is 5.55. The van der Waals surface area contributed by atoms with Gasteiger partial charge in [0.2, 0.25) is 0 Å². The minimum absolute atomic E-state index is 0.143. The van der Waals surface area contributed by atoms with E-state index in [1.165, 1.54) is 19.2 Å². The van der Waals surface area contributed by atoms with Crippen LogP contribution in [0.3, 0.4) is 0 Å². The first-order chi connectivity index (χ1) is 14.4. The molecule has 2 aromatic carbocycles. The van der Waals surface area contributed by atoms with E-state index >= 15 is 0 Å². The number of rotatable bonds is 8. The Morgan fingerprint density at radius 2 is 1.90 bits per heavy atom. The van der Waals surface area contributed by atoms with Gasteiger partial charge in [-0.2, -0.15) is 0 Å². The van der Waals surface area contributed by atoms with E-state index in [2.05, 4.69) is 17.1 Å². The Labute approximate surface area is 177 Å². The third kappa shape index (κ3) is 5.86. The van der Waals surface area contributed by atoms with E-state index in [0.29, 0.717) is 29.4 Å². The molecule has 0 unspecified atom stereocenters. The highest BCUT2D eigenvalue weighted by atomic mass is 18.2. The van der Waals surface area contributed by atoms with Gasteiger partial charge in [-0.1, -0.05) is 0 Å². The minimum atomic E-state index is -0.263. The average molecular weight is 415 g/mol. The molecule has 0 aromatic heterocycles. The monoisotopic (exact) mass is 414 g/mol. The highest BCUT2D eigenvalue weighted by Gasteiger charge is 2.32. The highest BCUT2D eigenvalue weighted by Crippen LogP contribution is 2.26. The molecule has 2 aromatic rings. The number of carbonyl (C=O) groups is 1. The molecular formula is C23H30FN3O3. The van der Waals surface area contributed by atoms with Crippen molar-refractivity contribution in [1.29, 1.82) is 0 Å². The van der Waals surface area contributed by atoms with Gasteiger partial charge in [0.15, 0.2) is 0 Å². The summed E-state index contributed by atoms with van der Waals surface area (Å²) < 4.78 is 23.9. The van der Waals surface area contributed by atoms with E-state index in [4.69, 9.17) is 15.2 Å². The molecule has 1 aliphatic rings. The first kappa shape index (κ1) is 21.9. The normalized spacial score (nSPS) is 16.1. The average Bonchev–Trinajstić information content (AvgIpc) is 2.73. The van der Waals surface area contributed by atoms with Crippen molar-refractivity contribution < 1.29 is 18.7 Å². The molecule has 0 saturated carbocycles. The second-order valence-corrected chi connectivity index (χ2v) is 7.97. The van der Waals surface area contributed by atoms with E-state index in [1.54, 1.807) is 30.3 Å². The predicted molar refractivity (Wildman–Crippen MR) is 115 cm³/mol. The molecule has 0 atom stereocenters. The largest absolute Gasteiger partial charge is 0.496 e. The number of benzene rings is 2. The van der Waals surface area contributed by atoms with Gasteiger partial charge in [-0.3, -0.25) is 4.79 Å². The number of piperidine rings is 1. The lowest BCUT2D eigenvalue weighted by Crippen LogP contribution is -2.53. The quantitative estimate of drug-likeness (QED) is 0.511. The van der Waals surface area contributed by atoms with Crippen LogP contribution in [0.1, 0.15) is 36.5 Å². The van der Waals surface area contributed by atoms with Crippen LogP contribution in [0.4, 0.5) is 10.1 Å². The summed E-state index contributed by atoms with van der Waals surface area (Å²) in [6.45, 7) is 5.42. The molecule has 1 fully saturated rings. The Morgan fingerprint density at radius 1 is 1.20 bits per heavy atom. The van der Waals surface area contributed by atoms with Gasteiger partial charge in [-0.25, -0.2) is 4.39 Å². The van der Waals surface area contributed by atoms with Gasteiger partial charge in [0, 0.05) is 36.9 Å². The number of nitrogen functional groups attached to an aromatic ring is 1. The van der Waals surface area contributed by atoms with Crippen molar-refractivity contribution in [3.05, 3.63) is 53.8 Å². The zero-order valence-corrected chi connectivity index (χ0v) is 17.6. The van der Waals surface area contributed by atoms with Crippen LogP contribution in [-0.4, -0.2) is 49.7 Å². The second kappa shape index (κ2) is 9.80. The number of carbonyl (C=O) groups excluding carboxylic acids is 1. The summed E-state index contributed by atoms with van der Waals surface area (Å²) in [4.78, 5) is 15.2. The van der Waals surface area contributed by atoms with Gasteiger partial charge in [0.25, 0.3) is 5.91 Å². The summed E-state index contributed by atoms with van der Waals surface area (Å²) in [5.41, 5.74) is 6.57. The van der Waals surface area contributed by atoms with E-state index in [-0.39, 0.29) is 17.3 Å². The fourth-order valence-corrected chi connectivity index (χ4v) is 3.64. The summed E-state index contributed by atoms with van der Waals surface area (Å²) in [5, 5.41) is 3.18. The molecule has 0 bridgehead atoms. The number of ether oxygens (including phenoxy) is 2. The van der Waals surface area contributed by atoms with Crippen molar-refractivity contribution >= 4 is 11.6 Å². The lowest BCUT2D eigenvalue weighted by molar-refractivity contribution is 0.0827. The van der Waals surface area contributed by atoms with Crippen LogP contribution in [0.2, 0.25) is 0 Å². The summed E-state index contributed by atoms with van der Waals surface area (Å²) in [5.74, 6) is 0.759. The molecule has 7 heteroatoms. The van der Waals surface area contributed by atoms with Gasteiger partial charge in [-0.05, 0) is 62.6 Å². The topological polar surface area (TPSA) is 76.8 Å². The first-order valence-electron chi connectivity index (χ1n) is 10.3. The van der Waals surface area contributed by atoms with Crippen molar-refractivity contribution in [1.82, 2.24) is 10.2 Å². The lowest BCUT2D eigenvalue weighted by atomic mass is 9.89. The van der Waals surface area contributed by atoms with Crippen LogP contribution in [-0.2, 0) is 0 Å². The van der Waals surface area contributed by atoms with Crippen LogP contribution in [0.5, 0.6) is 11.5 Å². The number of amides is 1. The van der Waals surface area contributed by atoms with Gasteiger partial charge >= 0.3 is 0 Å². The summed E-state index contributed by atoms with van der Waals surface area (Å²) >= 11 is 0. The van der Waals surface area contributed by atoms with Crippen LogP contribution >= 0.6 is 0 Å². The molecule has 3 N–H and O–H groups in total. The van der Waals surface area contributed by atoms with E-state index < -0.39 is 0 Å². The fraction of sp³-hybridized carbons (Fsp3) is 0.435. The molecule has 1 heterocycles. The summed E-state index contributed by atoms with van der Waals surface area (Å²) in [7, 11) is 1.53. The Balaban J connectivity index is 1.42. The zero-order chi connectivity index (χ0) is 21.6. The smallest absolute Gasteiger partial charge is 0.255 e. The Morgan fingerprint density at radius 3 is 2.57 bits per heavy atom. The lowest BCUT2D eigenvalue weighted by Gasteiger charge is -2.40. The molecule has 1 amide bonds. The van der Waals surface area contributed by atoms with Crippen LogP contribution in [0.25, 0.3) is 0 Å². The van der Waals surface area contributed by atoms with Crippen molar-refractivity contribution in [3.8, 4) is 11.5 Å². The van der Waals surface area contributed by atoms with Crippen molar-refractivity contribution in [3.63, 3.8) is 0 Å². The third-order valence-corrected chi connectivity index (χ3v) is 5.55. The number of halogens is 1. The number of nitrogens with two attached hydrogens (primary N) is 1. The number of hydrogen-bond donors (Lipinski definition) is 2. The number of methoxy groups -OCH3 is 1. The summed E-state index contributed by atoms with van der Waals surface area (Å²) in [6.07, 6.45) is 2.63. The molecule has 0 aliphatic carbocycles. The van der Waals surface area contributed by atoms with Gasteiger partial charge in [0.1, 0.15) is 17.3 Å². The maximum absolute atomic E-state index is 12.9. The zero-order valence-electron chi connectivity index (χ0n) is 17.6. The van der Waals surface area contributed by atoms with Crippen LogP contribution in [0, 0.1) is 5.82 Å². The van der Waals surface area contributed by atoms with Crippen LogP contribution in [0.15, 0.2) is 42.5 Å². The van der Waals surface area contributed by atoms with E-state index in [1.807, 2.05) is 0 Å². The highest BCUT2D eigenvalue weighted by molar-refractivity contribution is 5.97. The number of anilines is 1. The molecule has 3 rings (SSSR count). The molecule has 30 heavy (non-hydrogen) atoms. The van der Waals surface area contributed by atoms with Crippen LogP contribution < -0.4 is 20.5 Å². The Hall–Kier alpha value is -2.80. The SMILES string of the molecule is COc1cc(N)ccc1C(=O)NC1(C)CCN(CCCOc2ccc([18F])cc2)CC1. The number of nitrogens with one attached hydrogen (secondary N) is 1. The Bertz CT molecular complexity index is 849. The number of nitrogens with zero attached hydrogens (tertiary/aromatic N) is 1. The molecule has 0 spiro atoms. The summed E-state index contributed by atoms with van der Waals surface area (Å²) in [6, 6.07) is 11.1. The van der Waals surface area contributed by atoms with E-state index in [0.717, 1.165) is 38.9 Å². The molecule has 0 radical (unpaired) electrons. The fourth-order valence-electron chi connectivity index (χ4n) is 3.64. The number of hydrogen-bond acceptors (Lipinski definition) is 5. The molecule has 162 valence electrons. The maximum atomic E-state index is 12.9. The Kier molecular flexibility index (Phi) is 7.15. The minimum Gasteiger partial charge on any atom is -0.496 e. The molecule has 1 aliphatic heterocycles. The number of likely N-dealkylation sites (tertiary alicyclic amines) is 1. The standard InChI is InChI=1S/C23H30FN3O3/c1-23(26-22(28)20-9-6-18(25)16-21(20)29-2)10-13-27(14-11-23)12-3-15-30-19-7-4-17(24)5-8-19/h4-9,16H,3,10-15,25H2,1-2H3,(H,26,28)/i24-1. The van der Waals surface area contributed by atoms with E-state index in [9.17, 15) is 9.18 Å². The molecular weight excluding hydrogens is 384 g/mol. The van der Waals surface area contributed by atoms with Gasteiger partial charge in [0.05, 0.1) is 19.3 Å². The molecule has 1 saturated heterocycles. The van der Waals surface area contributed by atoms with Crippen molar-refractivity contribution in [2.75, 3.05) is 39.1 Å². The van der Waals surface area contributed by atoms with Crippen molar-refractivity contribution in [2.45, 2.75) is 31.7 Å². The van der Waals surface area contributed by atoms with Gasteiger partial charge in [-0.15, -0.1) is 0 Å². The maximum Gasteiger partial charge on any atom is 0.255 e. The molecule has 6 nitrogen and oxygen atoms in total. The van der Waals surface area contributed by atoms with Crippen molar-refractivity contribution in [2.24, 2.45) is 0 Å². The first-order valence-corrected chi connectivity index (χ1v) is 10.3. The second-order valence-electron chi connectivity index (χ2n) is 7.97. The predicted octanol–water partition coefficient (Wildman–Crippen LogP) is 3.47. The van der Waals surface area contributed by atoms with Gasteiger partial charge < -0.3 is 25.4 Å².